The Labute approximate surface area is 51.7 Å². The molecule has 4 heteroatoms. The number of nitrogens with two attached hydrogens (primary N) is 1. The highest BCUT2D eigenvalue weighted by Crippen LogP contribution is 1.91. The maximum Gasteiger partial charge on any atom is 0.170 e. The monoisotopic (exact) mass is 123 g/mol. The summed E-state index contributed by atoms with van der Waals surface area (Å²) in [4.78, 5) is 17.2. The first kappa shape index (κ1) is 5.68. The third-order valence-corrected chi connectivity index (χ3v) is 0.813. The Kier molecular flexibility index (Phi) is 1.40. The van der Waals surface area contributed by atoms with E-state index in [1.807, 2.05) is 0 Å². The van der Waals surface area contributed by atoms with Crippen LogP contribution in [0.4, 0.5) is 5.82 Å². The minimum Gasteiger partial charge on any atom is -0.382 e. The molecule has 0 atom stereocenters. The largest absolute Gasteiger partial charge is 0.382 e. The first-order chi connectivity index (χ1) is 4.33. The van der Waals surface area contributed by atoms with E-state index < -0.39 is 0 Å². The molecule has 0 unspecified atom stereocenters. The summed E-state index contributed by atoms with van der Waals surface area (Å²) < 4.78 is 0. The number of hydrogen-bond donors (Lipinski definition) is 1. The average molecular weight is 123 g/mol. The second-order valence-electron chi connectivity index (χ2n) is 1.48. The van der Waals surface area contributed by atoms with Crippen molar-refractivity contribution in [3.63, 3.8) is 0 Å². The molecule has 0 bridgehead atoms. The van der Waals surface area contributed by atoms with Gasteiger partial charge in [0.1, 0.15) is 11.5 Å². The zero-order chi connectivity index (χ0) is 6.69. The predicted molar refractivity (Wildman–Crippen MR) is 31.8 cm³/mol. The second kappa shape index (κ2) is 2.21. The van der Waals surface area contributed by atoms with Gasteiger partial charge in [-0.05, 0) is 0 Å². The van der Waals surface area contributed by atoms with Crippen LogP contribution in [0.25, 0.3) is 0 Å². The molecule has 9 heavy (non-hydrogen) atoms. The third kappa shape index (κ3) is 1.22. The molecule has 0 radical (unpaired) electrons. The molecule has 0 amide bonds. The van der Waals surface area contributed by atoms with E-state index in [0.29, 0.717) is 17.8 Å². The molecule has 0 spiro atoms. The van der Waals surface area contributed by atoms with Gasteiger partial charge in [0, 0.05) is 0 Å². The molecule has 1 heterocycles. The summed E-state index contributed by atoms with van der Waals surface area (Å²) in [5.74, 6) is 0.320. The number of nitrogens with zero attached hydrogens (tertiary/aromatic N) is 2. The van der Waals surface area contributed by atoms with Crippen LogP contribution in [0.2, 0.25) is 0 Å². The van der Waals surface area contributed by atoms with Crippen LogP contribution < -0.4 is 5.73 Å². The lowest BCUT2D eigenvalue weighted by molar-refractivity contribution is 0.111. The van der Waals surface area contributed by atoms with E-state index in [-0.39, 0.29) is 0 Å². The Morgan fingerprint density at radius 3 is 2.67 bits per heavy atom. The topological polar surface area (TPSA) is 68.9 Å². The summed E-state index contributed by atoms with van der Waals surface area (Å²) in [6.07, 6.45) is 3.28. The van der Waals surface area contributed by atoms with Crippen LogP contribution in [-0.2, 0) is 0 Å². The van der Waals surface area contributed by atoms with Crippen molar-refractivity contribution in [2.75, 3.05) is 5.73 Å². The van der Waals surface area contributed by atoms with E-state index >= 15 is 0 Å². The summed E-state index contributed by atoms with van der Waals surface area (Å²) >= 11 is 0. The minimum atomic E-state index is 0.296. The number of hydrogen-bond acceptors (Lipinski definition) is 4. The van der Waals surface area contributed by atoms with Gasteiger partial charge in [0.15, 0.2) is 6.29 Å². The molecule has 1 aromatic heterocycles. The fourth-order valence-electron chi connectivity index (χ4n) is 0.409. The number of anilines is 1. The molecule has 2 N–H and O–H groups in total. The van der Waals surface area contributed by atoms with Gasteiger partial charge in [-0.1, -0.05) is 0 Å². The van der Waals surface area contributed by atoms with Gasteiger partial charge >= 0.3 is 0 Å². The maximum atomic E-state index is 9.97. The number of aromatic nitrogens is 2. The van der Waals surface area contributed by atoms with Gasteiger partial charge in [0.25, 0.3) is 0 Å². The van der Waals surface area contributed by atoms with Gasteiger partial charge < -0.3 is 5.73 Å². The summed E-state index contributed by atoms with van der Waals surface area (Å²) in [5.41, 5.74) is 5.49. The highest BCUT2D eigenvalue weighted by Gasteiger charge is 1.88. The van der Waals surface area contributed by atoms with Gasteiger partial charge in [0.2, 0.25) is 0 Å². The quantitative estimate of drug-likeness (QED) is 0.528. The molecule has 0 aliphatic rings. The normalized spacial score (nSPS) is 8.89. The van der Waals surface area contributed by atoms with E-state index in [1.54, 1.807) is 0 Å². The molecule has 0 aliphatic carbocycles. The smallest absolute Gasteiger partial charge is 0.170 e. The first-order valence-electron chi connectivity index (χ1n) is 2.35. The Balaban J connectivity index is 3.01. The average Bonchev–Trinajstić information content (AvgIpc) is 1.90. The van der Waals surface area contributed by atoms with Gasteiger partial charge in [-0.15, -0.1) is 0 Å². The molecule has 0 aromatic carbocycles. The van der Waals surface area contributed by atoms with Crippen molar-refractivity contribution in [3.05, 3.63) is 18.1 Å². The Morgan fingerprint density at radius 2 is 2.22 bits per heavy atom. The van der Waals surface area contributed by atoms with Crippen molar-refractivity contribution in [2.45, 2.75) is 0 Å². The highest BCUT2D eigenvalue weighted by molar-refractivity contribution is 5.71. The molecule has 1 rings (SSSR count). The number of carbonyl (C=O) groups is 1. The Bertz CT molecular complexity index is 206. The third-order valence-electron chi connectivity index (χ3n) is 0.813. The van der Waals surface area contributed by atoms with Gasteiger partial charge in [0.05, 0.1) is 12.4 Å². The van der Waals surface area contributed by atoms with Crippen LogP contribution >= 0.6 is 0 Å². The zero-order valence-electron chi connectivity index (χ0n) is 4.61. The molecular weight excluding hydrogens is 118 g/mol. The highest BCUT2D eigenvalue weighted by atomic mass is 16.1. The van der Waals surface area contributed by atoms with E-state index in [1.165, 1.54) is 12.4 Å². The number of rotatable bonds is 1. The molecular formula is C5H5N3O. The van der Waals surface area contributed by atoms with Crippen LogP contribution in [0, 0.1) is 0 Å². The summed E-state index contributed by atoms with van der Waals surface area (Å²) in [6, 6.07) is 0. The fourth-order valence-corrected chi connectivity index (χ4v) is 0.409. The number of nitrogen functional groups attached to an aromatic ring is 1. The van der Waals surface area contributed by atoms with Crippen LogP contribution in [0.5, 0.6) is 0 Å². The van der Waals surface area contributed by atoms with Crippen molar-refractivity contribution in [1.29, 1.82) is 0 Å². The van der Waals surface area contributed by atoms with Crippen molar-refractivity contribution < 1.29 is 4.79 Å². The first-order valence-corrected chi connectivity index (χ1v) is 2.35. The van der Waals surface area contributed by atoms with Gasteiger partial charge in [-0.3, -0.25) is 4.79 Å². The van der Waals surface area contributed by atoms with Crippen LogP contribution in [0.1, 0.15) is 10.5 Å². The molecule has 46 valence electrons. The Hall–Kier alpha value is -1.45. The Morgan fingerprint density at radius 1 is 1.44 bits per heavy atom. The standard InChI is InChI=1S/C5H5N3O/c6-5-2-7-4(3-9)1-8-5/h1-3H,(H2,6,8). The number of carbonyl (C=O) groups excluding carboxylic acids is 1. The van der Waals surface area contributed by atoms with Crippen LogP contribution in [0.15, 0.2) is 12.4 Å². The lowest BCUT2D eigenvalue weighted by atomic mass is 10.5. The zero-order valence-corrected chi connectivity index (χ0v) is 4.61. The minimum absolute atomic E-state index is 0.296. The summed E-state index contributed by atoms with van der Waals surface area (Å²) in [7, 11) is 0. The van der Waals surface area contributed by atoms with E-state index in [9.17, 15) is 4.79 Å². The van der Waals surface area contributed by atoms with Gasteiger partial charge in [-0.25, -0.2) is 9.97 Å². The summed E-state index contributed by atoms with van der Waals surface area (Å²) in [6.45, 7) is 0. The molecule has 0 fully saturated rings. The van der Waals surface area contributed by atoms with E-state index in [2.05, 4.69) is 9.97 Å². The van der Waals surface area contributed by atoms with Gasteiger partial charge in [-0.2, -0.15) is 0 Å². The van der Waals surface area contributed by atoms with Crippen molar-refractivity contribution in [3.8, 4) is 0 Å². The summed E-state index contributed by atoms with van der Waals surface area (Å²) in [5, 5.41) is 0. The fraction of sp³-hybridized carbons (Fsp3) is 0. The van der Waals surface area contributed by atoms with Crippen molar-refractivity contribution in [1.82, 2.24) is 9.97 Å². The SMILES string of the molecule is Nc1cnc(C=O)cn1. The van der Waals surface area contributed by atoms with Crippen LogP contribution in [0.3, 0.4) is 0 Å². The lowest BCUT2D eigenvalue weighted by Crippen LogP contribution is -1.93. The van der Waals surface area contributed by atoms with Crippen molar-refractivity contribution >= 4 is 12.1 Å². The van der Waals surface area contributed by atoms with E-state index in [0.717, 1.165) is 0 Å². The number of aldehydes is 1. The molecule has 0 aliphatic heterocycles. The maximum absolute atomic E-state index is 9.97. The molecule has 0 saturated heterocycles. The molecule has 4 nitrogen and oxygen atoms in total. The predicted octanol–water partition coefficient (Wildman–Crippen LogP) is -0.129. The molecule has 0 saturated carbocycles. The van der Waals surface area contributed by atoms with Crippen LogP contribution in [-0.4, -0.2) is 16.3 Å². The van der Waals surface area contributed by atoms with E-state index in [4.69, 9.17) is 5.73 Å². The second-order valence-corrected chi connectivity index (χ2v) is 1.48. The van der Waals surface area contributed by atoms with Crippen molar-refractivity contribution in [2.24, 2.45) is 0 Å². The molecule has 1 aromatic rings. The lowest BCUT2D eigenvalue weighted by Gasteiger charge is -1.88.